The van der Waals surface area contributed by atoms with Gasteiger partial charge in [0.1, 0.15) is 0 Å². The van der Waals surface area contributed by atoms with E-state index in [0.29, 0.717) is 22.1 Å². The van der Waals surface area contributed by atoms with Gasteiger partial charge in [-0.3, -0.25) is 4.79 Å². The second kappa shape index (κ2) is 5.23. The Morgan fingerprint density at radius 1 is 1.50 bits per heavy atom. The van der Waals surface area contributed by atoms with Gasteiger partial charge in [-0.1, -0.05) is 18.5 Å². The van der Waals surface area contributed by atoms with Gasteiger partial charge in [0.15, 0.2) is 5.82 Å². The van der Waals surface area contributed by atoms with Crippen LogP contribution in [0.2, 0.25) is 5.02 Å². The Morgan fingerprint density at radius 3 is 2.94 bits per heavy atom. The van der Waals surface area contributed by atoms with E-state index in [4.69, 9.17) is 17.3 Å². The van der Waals surface area contributed by atoms with Gasteiger partial charge < -0.3 is 10.3 Å². The number of rotatable bonds is 4. The molecule has 94 valence electrons. The molecular formula is C13H14ClN3O. The number of hydrogen-bond acceptors (Lipinski definition) is 3. The van der Waals surface area contributed by atoms with E-state index in [1.54, 1.807) is 30.6 Å². The number of hydrogen-bond donors (Lipinski definition) is 1. The predicted molar refractivity (Wildman–Crippen MR) is 71.8 cm³/mol. The Bertz CT molecular complexity index is 577. The normalized spacial score (nSPS) is 10.6. The maximum Gasteiger partial charge on any atom is 0.230 e. The average molecular weight is 264 g/mol. The number of benzene rings is 1. The van der Waals surface area contributed by atoms with Crippen LogP contribution < -0.4 is 5.73 Å². The first-order chi connectivity index (χ1) is 8.63. The summed E-state index contributed by atoms with van der Waals surface area (Å²) in [5.41, 5.74) is 6.62. The van der Waals surface area contributed by atoms with Gasteiger partial charge in [0.2, 0.25) is 5.78 Å². The van der Waals surface area contributed by atoms with E-state index in [1.165, 1.54) is 0 Å². The van der Waals surface area contributed by atoms with Crippen molar-refractivity contribution >= 4 is 23.1 Å². The monoisotopic (exact) mass is 263 g/mol. The first kappa shape index (κ1) is 12.6. The summed E-state index contributed by atoms with van der Waals surface area (Å²) in [6.45, 7) is 2.81. The third kappa shape index (κ3) is 2.38. The van der Waals surface area contributed by atoms with Crippen molar-refractivity contribution in [2.24, 2.45) is 0 Å². The Kier molecular flexibility index (Phi) is 3.67. The molecule has 0 amide bonds. The van der Waals surface area contributed by atoms with E-state index in [1.807, 2.05) is 11.5 Å². The van der Waals surface area contributed by atoms with E-state index in [9.17, 15) is 4.79 Å². The van der Waals surface area contributed by atoms with Gasteiger partial charge in [-0.05, 0) is 24.6 Å². The fourth-order valence-electron chi connectivity index (χ4n) is 1.80. The molecule has 0 radical (unpaired) electrons. The highest BCUT2D eigenvalue weighted by Crippen LogP contribution is 2.20. The fourth-order valence-corrected chi connectivity index (χ4v) is 1.98. The topological polar surface area (TPSA) is 60.9 Å². The SMILES string of the molecule is CCCn1ccnc1C(=O)c1ccc(Cl)cc1N. The summed E-state index contributed by atoms with van der Waals surface area (Å²) in [5, 5.41) is 0.515. The van der Waals surface area contributed by atoms with E-state index in [0.717, 1.165) is 13.0 Å². The van der Waals surface area contributed by atoms with Crippen molar-refractivity contribution in [3.63, 3.8) is 0 Å². The zero-order valence-electron chi connectivity index (χ0n) is 10.1. The van der Waals surface area contributed by atoms with Crippen molar-refractivity contribution in [1.29, 1.82) is 0 Å². The van der Waals surface area contributed by atoms with E-state index < -0.39 is 0 Å². The summed E-state index contributed by atoms with van der Waals surface area (Å²) < 4.78 is 1.83. The zero-order valence-corrected chi connectivity index (χ0v) is 10.8. The lowest BCUT2D eigenvalue weighted by molar-refractivity contribution is 0.102. The average Bonchev–Trinajstić information content (AvgIpc) is 2.77. The number of aromatic nitrogens is 2. The highest BCUT2D eigenvalue weighted by Gasteiger charge is 2.17. The standard InChI is InChI=1S/C13H14ClN3O/c1-2-6-17-7-5-16-13(17)12(18)10-4-3-9(14)8-11(10)15/h3-5,7-8H,2,6,15H2,1H3. The van der Waals surface area contributed by atoms with Crippen molar-refractivity contribution in [3.8, 4) is 0 Å². The molecule has 4 nitrogen and oxygen atoms in total. The molecule has 5 heteroatoms. The second-order valence-corrected chi connectivity index (χ2v) is 4.44. The summed E-state index contributed by atoms with van der Waals surface area (Å²) in [6, 6.07) is 4.85. The van der Waals surface area contributed by atoms with Crippen LogP contribution in [0, 0.1) is 0 Å². The second-order valence-electron chi connectivity index (χ2n) is 4.00. The first-order valence-electron chi connectivity index (χ1n) is 5.74. The molecule has 0 atom stereocenters. The molecule has 2 rings (SSSR count). The molecular weight excluding hydrogens is 250 g/mol. The molecule has 0 bridgehead atoms. The maximum absolute atomic E-state index is 12.3. The molecule has 1 aromatic carbocycles. The van der Waals surface area contributed by atoms with Crippen LogP contribution in [0.1, 0.15) is 29.5 Å². The first-order valence-corrected chi connectivity index (χ1v) is 6.12. The molecule has 0 aliphatic heterocycles. The fraction of sp³-hybridized carbons (Fsp3) is 0.231. The van der Waals surface area contributed by atoms with Crippen LogP contribution in [0.5, 0.6) is 0 Å². The van der Waals surface area contributed by atoms with Gasteiger partial charge in [-0.15, -0.1) is 0 Å². The quantitative estimate of drug-likeness (QED) is 0.682. The summed E-state index contributed by atoms with van der Waals surface area (Å²) in [4.78, 5) is 16.4. The number of carbonyl (C=O) groups is 1. The summed E-state index contributed by atoms with van der Waals surface area (Å²) >= 11 is 5.82. The van der Waals surface area contributed by atoms with Crippen LogP contribution in [-0.4, -0.2) is 15.3 Å². The summed E-state index contributed by atoms with van der Waals surface area (Å²) in [5.74, 6) is 0.230. The minimum absolute atomic E-state index is 0.178. The predicted octanol–water partition coefficient (Wildman–Crippen LogP) is 2.76. The lowest BCUT2D eigenvalue weighted by Gasteiger charge is -2.07. The molecule has 1 aromatic heterocycles. The lowest BCUT2D eigenvalue weighted by atomic mass is 10.1. The number of halogens is 1. The Balaban J connectivity index is 2.38. The van der Waals surface area contributed by atoms with E-state index >= 15 is 0 Å². The van der Waals surface area contributed by atoms with Gasteiger partial charge in [0.05, 0.1) is 0 Å². The largest absolute Gasteiger partial charge is 0.398 e. The van der Waals surface area contributed by atoms with Crippen molar-refractivity contribution in [3.05, 3.63) is 47.0 Å². The van der Waals surface area contributed by atoms with Crippen molar-refractivity contribution in [2.45, 2.75) is 19.9 Å². The highest BCUT2D eigenvalue weighted by atomic mass is 35.5. The molecule has 0 saturated carbocycles. The van der Waals surface area contributed by atoms with Gasteiger partial charge >= 0.3 is 0 Å². The van der Waals surface area contributed by atoms with Crippen LogP contribution >= 0.6 is 11.6 Å². The molecule has 0 fully saturated rings. The molecule has 2 N–H and O–H groups in total. The Morgan fingerprint density at radius 2 is 2.28 bits per heavy atom. The maximum atomic E-state index is 12.3. The van der Waals surface area contributed by atoms with Gasteiger partial charge in [0, 0.05) is 35.2 Å². The van der Waals surface area contributed by atoms with Crippen LogP contribution in [0.25, 0.3) is 0 Å². The number of nitrogens with two attached hydrogens (primary N) is 1. The minimum Gasteiger partial charge on any atom is -0.398 e. The van der Waals surface area contributed by atoms with E-state index in [-0.39, 0.29) is 5.78 Å². The Hall–Kier alpha value is -1.81. The molecule has 0 spiro atoms. The number of aryl methyl sites for hydroxylation is 1. The smallest absolute Gasteiger partial charge is 0.230 e. The zero-order chi connectivity index (χ0) is 13.1. The molecule has 2 aromatic rings. The third-order valence-corrected chi connectivity index (χ3v) is 2.88. The molecule has 18 heavy (non-hydrogen) atoms. The molecule has 0 saturated heterocycles. The van der Waals surface area contributed by atoms with Crippen LogP contribution in [0.15, 0.2) is 30.6 Å². The number of carbonyl (C=O) groups excluding carboxylic acids is 1. The van der Waals surface area contributed by atoms with Crippen molar-refractivity contribution in [1.82, 2.24) is 9.55 Å². The van der Waals surface area contributed by atoms with Crippen LogP contribution in [0.4, 0.5) is 5.69 Å². The number of ketones is 1. The summed E-state index contributed by atoms with van der Waals surface area (Å²) in [7, 11) is 0. The third-order valence-electron chi connectivity index (χ3n) is 2.64. The number of anilines is 1. The van der Waals surface area contributed by atoms with Crippen LogP contribution in [0.3, 0.4) is 0 Å². The van der Waals surface area contributed by atoms with Gasteiger partial charge in [0.25, 0.3) is 0 Å². The lowest BCUT2D eigenvalue weighted by Crippen LogP contribution is -2.13. The molecule has 1 heterocycles. The Labute approximate surface area is 110 Å². The van der Waals surface area contributed by atoms with Crippen LogP contribution in [-0.2, 0) is 6.54 Å². The highest BCUT2D eigenvalue weighted by molar-refractivity contribution is 6.31. The van der Waals surface area contributed by atoms with Crippen molar-refractivity contribution < 1.29 is 4.79 Å². The van der Waals surface area contributed by atoms with Gasteiger partial charge in [-0.2, -0.15) is 0 Å². The molecule has 0 aliphatic rings. The van der Waals surface area contributed by atoms with Gasteiger partial charge in [-0.25, -0.2) is 4.98 Å². The number of nitrogen functional groups attached to an aromatic ring is 1. The van der Waals surface area contributed by atoms with Crippen molar-refractivity contribution in [2.75, 3.05) is 5.73 Å². The molecule has 0 unspecified atom stereocenters. The van der Waals surface area contributed by atoms with E-state index in [2.05, 4.69) is 4.98 Å². The molecule has 0 aliphatic carbocycles. The minimum atomic E-state index is -0.178. The number of imidazole rings is 1. The number of nitrogens with zero attached hydrogens (tertiary/aromatic N) is 2. The summed E-state index contributed by atoms with van der Waals surface area (Å²) in [6.07, 6.45) is 4.35.